The maximum absolute atomic E-state index is 12.3. The number of piperazine rings is 1. The van der Waals surface area contributed by atoms with Gasteiger partial charge in [-0.3, -0.25) is 14.5 Å². The molecular weight excluding hydrogens is 342 g/mol. The molecule has 1 atom stereocenters. The second kappa shape index (κ2) is 8.65. The van der Waals surface area contributed by atoms with Crippen LogP contribution in [0.5, 0.6) is 0 Å². The molecule has 0 spiro atoms. The van der Waals surface area contributed by atoms with Crippen molar-refractivity contribution in [3.05, 3.63) is 34.9 Å². The number of benzene rings is 1. The monoisotopic (exact) mass is 365 g/mol. The van der Waals surface area contributed by atoms with E-state index in [0.29, 0.717) is 50.9 Å². The molecule has 0 radical (unpaired) electrons. The van der Waals surface area contributed by atoms with E-state index in [2.05, 4.69) is 10.2 Å². The van der Waals surface area contributed by atoms with E-state index in [9.17, 15) is 9.59 Å². The third-order valence-electron chi connectivity index (χ3n) is 4.69. The van der Waals surface area contributed by atoms with E-state index in [1.54, 1.807) is 0 Å². The van der Waals surface area contributed by atoms with Crippen LogP contribution in [-0.2, 0) is 20.9 Å². The zero-order valence-corrected chi connectivity index (χ0v) is 15.0. The molecule has 6 nitrogen and oxygen atoms in total. The predicted molar refractivity (Wildman–Crippen MR) is 95.3 cm³/mol. The molecule has 0 bridgehead atoms. The van der Waals surface area contributed by atoms with Crippen LogP contribution in [0, 0.1) is 0 Å². The van der Waals surface area contributed by atoms with Crippen molar-refractivity contribution in [2.75, 3.05) is 39.3 Å². The van der Waals surface area contributed by atoms with Crippen molar-refractivity contribution in [1.29, 1.82) is 0 Å². The highest BCUT2D eigenvalue weighted by Crippen LogP contribution is 2.16. The SMILES string of the molecule is O=C(CN1CCN(C(=O)C2CCCO2)CC1)NCc1ccccc1Cl. The predicted octanol–water partition coefficient (Wildman–Crippen LogP) is 1.28. The Morgan fingerprint density at radius 2 is 1.96 bits per heavy atom. The number of ether oxygens (including phenoxy) is 1. The number of carbonyl (C=O) groups is 2. The summed E-state index contributed by atoms with van der Waals surface area (Å²) in [6, 6.07) is 7.48. The Labute approximate surface area is 153 Å². The number of hydrogen-bond donors (Lipinski definition) is 1. The molecule has 2 heterocycles. The molecule has 2 aliphatic rings. The molecule has 3 rings (SSSR count). The van der Waals surface area contributed by atoms with Crippen molar-refractivity contribution < 1.29 is 14.3 Å². The summed E-state index contributed by atoms with van der Waals surface area (Å²) in [6.07, 6.45) is 1.52. The lowest BCUT2D eigenvalue weighted by Crippen LogP contribution is -2.53. The first-order chi connectivity index (χ1) is 12.1. The molecule has 1 aromatic rings. The minimum absolute atomic E-state index is 0.0289. The molecule has 0 saturated carbocycles. The lowest BCUT2D eigenvalue weighted by molar-refractivity contribution is -0.142. The Kier molecular flexibility index (Phi) is 6.29. The van der Waals surface area contributed by atoms with Gasteiger partial charge in [-0.1, -0.05) is 29.8 Å². The molecule has 0 aliphatic carbocycles. The summed E-state index contributed by atoms with van der Waals surface area (Å²) >= 11 is 6.09. The van der Waals surface area contributed by atoms with E-state index < -0.39 is 0 Å². The van der Waals surface area contributed by atoms with E-state index >= 15 is 0 Å². The second-order valence-electron chi connectivity index (χ2n) is 6.47. The summed E-state index contributed by atoms with van der Waals surface area (Å²) in [5.74, 6) is 0.0687. The van der Waals surface area contributed by atoms with Crippen molar-refractivity contribution >= 4 is 23.4 Å². The van der Waals surface area contributed by atoms with Gasteiger partial charge in [0.2, 0.25) is 5.91 Å². The summed E-state index contributed by atoms with van der Waals surface area (Å²) in [7, 11) is 0. The molecule has 1 aromatic carbocycles. The highest BCUT2D eigenvalue weighted by atomic mass is 35.5. The van der Waals surface area contributed by atoms with E-state index in [-0.39, 0.29) is 17.9 Å². The number of amides is 2. The molecule has 1 N–H and O–H groups in total. The van der Waals surface area contributed by atoms with Crippen molar-refractivity contribution in [3.63, 3.8) is 0 Å². The molecule has 2 fully saturated rings. The van der Waals surface area contributed by atoms with E-state index in [4.69, 9.17) is 16.3 Å². The van der Waals surface area contributed by atoms with Crippen LogP contribution in [0.15, 0.2) is 24.3 Å². The topological polar surface area (TPSA) is 61.9 Å². The Morgan fingerprint density at radius 1 is 1.20 bits per heavy atom. The average molecular weight is 366 g/mol. The van der Waals surface area contributed by atoms with Crippen LogP contribution in [0.25, 0.3) is 0 Å². The highest BCUT2D eigenvalue weighted by Gasteiger charge is 2.30. The van der Waals surface area contributed by atoms with Gasteiger partial charge < -0.3 is 15.0 Å². The summed E-state index contributed by atoms with van der Waals surface area (Å²) in [4.78, 5) is 28.4. The van der Waals surface area contributed by atoms with Gasteiger partial charge in [0.1, 0.15) is 6.10 Å². The van der Waals surface area contributed by atoms with Gasteiger partial charge in [0.05, 0.1) is 6.54 Å². The fourth-order valence-corrected chi connectivity index (χ4v) is 3.40. The number of carbonyl (C=O) groups excluding carboxylic acids is 2. The smallest absolute Gasteiger partial charge is 0.251 e. The number of nitrogens with one attached hydrogen (secondary N) is 1. The van der Waals surface area contributed by atoms with Crippen LogP contribution in [0.4, 0.5) is 0 Å². The quantitative estimate of drug-likeness (QED) is 0.853. The second-order valence-corrected chi connectivity index (χ2v) is 6.88. The molecule has 2 aliphatic heterocycles. The third-order valence-corrected chi connectivity index (χ3v) is 5.06. The van der Waals surface area contributed by atoms with Crippen LogP contribution < -0.4 is 5.32 Å². The largest absolute Gasteiger partial charge is 0.368 e. The van der Waals surface area contributed by atoms with Gasteiger partial charge in [-0.15, -0.1) is 0 Å². The maximum atomic E-state index is 12.3. The Balaban J connectivity index is 1.39. The van der Waals surface area contributed by atoms with Gasteiger partial charge in [0.25, 0.3) is 5.91 Å². The van der Waals surface area contributed by atoms with Gasteiger partial charge in [-0.05, 0) is 24.5 Å². The van der Waals surface area contributed by atoms with Crippen molar-refractivity contribution in [2.45, 2.75) is 25.5 Å². The van der Waals surface area contributed by atoms with Crippen LogP contribution in [-0.4, -0.2) is 67.0 Å². The number of rotatable bonds is 5. The van der Waals surface area contributed by atoms with Crippen LogP contribution >= 0.6 is 11.6 Å². The van der Waals surface area contributed by atoms with Crippen LogP contribution in [0.3, 0.4) is 0 Å². The first-order valence-electron chi connectivity index (χ1n) is 8.76. The number of hydrogen-bond acceptors (Lipinski definition) is 4. The molecule has 136 valence electrons. The molecule has 2 saturated heterocycles. The minimum Gasteiger partial charge on any atom is -0.368 e. The van der Waals surface area contributed by atoms with Gasteiger partial charge in [0.15, 0.2) is 0 Å². The Hall–Kier alpha value is -1.63. The van der Waals surface area contributed by atoms with E-state index in [0.717, 1.165) is 18.4 Å². The average Bonchev–Trinajstić information content (AvgIpc) is 3.16. The molecular formula is C18H24ClN3O3. The zero-order valence-electron chi connectivity index (χ0n) is 14.2. The van der Waals surface area contributed by atoms with Gasteiger partial charge in [-0.2, -0.15) is 0 Å². The Bertz CT molecular complexity index is 611. The summed E-state index contributed by atoms with van der Waals surface area (Å²) in [5.41, 5.74) is 0.907. The molecule has 25 heavy (non-hydrogen) atoms. The normalized spacial score (nSPS) is 21.3. The first-order valence-corrected chi connectivity index (χ1v) is 9.14. The number of nitrogens with zero attached hydrogens (tertiary/aromatic N) is 2. The molecule has 2 amide bonds. The van der Waals surface area contributed by atoms with Crippen molar-refractivity contribution in [3.8, 4) is 0 Å². The minimum atomic E-state index is -0.259. The fourth-order valence-electron chi connectivity index (χ4n) is 3.20. The zero-order chi connectivity index (χ0) is 17.6. The van der Waals surface area contributed by atoms with Crippen molar-refractivity contribution in [2.24, 2.45) is 0 Å². The lowest BCUT2D eigenvalue weighted by atomic mass is 10.2. The van der Waals surface area contributed by atoms with Crippen LogP contribution in [0.2, 0.25) is 5.02 Å². The summed E-state index contributed by atoms with van der Waals surface area (Å²) in [5, 5.41) is 3.56. The van der Waals surface area contributed by atoms with E-state index in [1.165, 1.54) is 0 Å². The van der Waals surface area contributed by atoms with E-state index in [1.807, 2.05) is 29.2 Å². The molecule has 7 heteroatoms. The lowest BCUT2D eigenvalue weighted by Gasteiger charge is -2.35. The molecule has 0 aromatic heterocycles. The first kappa shape index (κ1) is 18.2. The molecule has 1 unspecified atom stereocenters. The third kappa shape index (κ3) is 4.93. The highest BCUT2D eigenvalue weighted by molar-refractivity contribution is 6.31. The standard InChI is InChI=1S/C18H24ClN3O3/c19-15-5-2-1-4-14(15)12-20-17(23)13-21-7-9-22(10-8-21)18(24)16-6-3-11-25-16/h1-2,4-5,16H,3,6-13H2,(H,20,23). The van der Waals surface area contributed by atoms with Gasteiger partial charge in [0, 0.05) is 44.4 Å². The Morgan fingerprint density at radius 3 is 2.64 bits per heavy atom. The van der Waals surface area contributed by atoms with Crippen LogP contribution in [0.1, 0.15) is 18.4 Å². The number of halogens is 1. The summed E-state index contributed by atoms with van der Waals surface area (Å²) < 4.78 is 5.46. The van der Waals surface area contributed by atoms with Gasteiger partial charge in [-0.25, -0.2) is 0 Å². The fraction of sp³-hybridized carbons (Fsp3) is 0.556. The summed E-state index contributed by atoms with van der Waals surface area (Å²) in [6.45, 7) is 4.16. The van der Waals surface area contributed by atoms with Gasteiger partial charge >= 0.3 is 0 Å². The van der Waals surface area contributed by atoms with Crippen molar-refractivity contribution in [1.82, 2.24) is 15.1 Å². The maximum Gasteiger partial charge on any atom is 0.251 e.